The van der Waals surface area contributed by atoms with E-state index in [9.17, 15) is 34.8 Å². The van der Waals surface area contributed by atoms with Crippen molar-refractivity contribution in [2.24, 2.45) is 17.6 Å². The normalized spacial score (nSPS) is 24.5. The summed E-state index contributed by atoms with van der Waals surface area (Å²) in [5, 5.41) is 77.1. The van der Waals surface area contributed by atoms with Gasteiger partial charge in [-0.2, -0.15) is 0 Å². The Labute approximate surface area is 269 Å². The molecule has 1 saturated carbocycles. The zero-order valence-electron chi connectivity index (χ0n) is 25.2. The van der Waals surface area contributed by atoms with E-state index in [2.05, 4.69) is 19.7 Å². The van der Waals surface area contributed by atoms with Crippen LogP contribution in [0.1, 0.15) is 23.1 Å². The first-order valence-corrected chi connectivity index (χ1v) is 14.3. The standard InChI is InChI=1S/C32H35N7O8/c1-4-31(12-33,13-34)47-8-7-16-11-20(38(5-2)14-35)18-9-17-10-19-24(39(6-3)15-36)27(42)23(30(37)45)29(44)32(19,46)28(43)21(17)26(41)22(18)25(16)40/h4-6,11-15,17,19,24,33-36,40-41,44,46H,1-3,7-10H2,(H2,37,45)/t17-,19-,24-,31?,32-/m0/s1. The quantitative estimate of drug-likeness (QED) is 0.0612. The number of primary amides is 1. The number of hydrogen-bond donors (Lipinski definition) is 9. The molecule has 0 unspecified atom stereocenters. The largest absolute Gasteiger partial charge is 0.508 e. The summed E-state index contributed by atoms with van der Waals surface area (Å²) in [6.07, 6.45) is 6.70. The van der Waals surface area contributed by atoms with Crippen molar-refractivity contribution < 1.29 is 39.5 Å². The van der Waals surface area contributed by atoms with E-state index in [4.69, 9.17) is 32.1 Å². The number of hydrogen-bond acceptors (Lipinski definition) is 12. The average molecular weight is 646 g/mol. The molecule has 1 amide bonds. The second-order valence-corrected chi connectivity index (χ2v) is 11.2. The van der Waals surface area contributed by atoms with Gasteiger partial charge in [0.25, 0.3) is 5.91 Å². The number of fused-ring (bicyclic) bond motifs is 3. The molecule has 1 aromatic rings. The molecule has 3 aliphatic carbocycles. The maximum atomic E-state index is 14.2. The highest BCUT2D eigenvalue weighted by atomic mass is 16.5. The zero-order valence-corrected chi connectivity index (χ0v) is 25.2. The summed E-state index contributed by atoms with van der Waals surface area (Å²) in [5.41, 5.74) is 0.117. The number of amides is 1. The Morgan fingerprint density at radius 3 is 2.28 bits per heavy atom. The Hall–Kier alpha value is -5.67. The Kier molecular flexibility index (Phi) is 9.18. The molecule has 4 atom stereocenters. The average Bonchev–Trinajstić information content (AvgIpc) is 3.05. The fourth-order valence-electron chi connectivity index (χ4n) is 6.62. The molecule has 3 aliphatic rings. The van der Waals surface area contributed by atoms with E-state index in [0.29, 0.717) is 17.6 Å². The highest BCUT2D eigenvalue weighted by Gasteiger charge is 2.64. The van der Waals surface area contributed by atoms with E-state index < -0.39 is 69.4 Å². The monoisotopic (exact) mass is 645 g/mol. The number of nitrogens with two attached hydrogens (primary N) is 1. The number of carbonyl (C=O) groups is 3. The van der Waals surface area contributed by atoms with E-state index in [1.165, 1.54) is 23.2 Å². The van der Waals surface area contributed by atoms with Crippen LogP contribution in [0.15, 0.2) is 61.2 Å². The fourth-order valence-corrected chi connectivity index (χ4v) is 6.62. The van der Waals surface area contributed by atoms with Gasteiger partial charge in [-0.3, -0.25) is 25.2 Å². The molecular weight excluding hydrogens is 610 g/mol. The lowest BCUT2D eigenvalue weighted by atomic mass is 9.57. The molecule has 15 heteroatoms. The van der Waals surface area contributed by atoms with Crippen LogP contribution < -0.4 is 10.6 Å². The first-order valence-electron chi connectivity index (χ1n) is 14.3. The number of benzene rings is 1. The van der Waals surface area contributed by atoms with Crippen LogP contribution >= 0.6 is 0 Å². The van der Waals surface area contributed by atoms with Gasteiger partial charge >= 0.3 is 0 Å². The number of ether oxygens (including phenoxy) is 1. The minimum Gasteiger partial charge on any atom is -0.508 e. The summed E-state index contributed by atoms with van der Waals surface area (Å²) in [4.78, 5) is 42.3. The van der Waals surface area contributed by atoms with Gasteiger partial charge in [-0.25, -0.2) is 0 Å². The molecule has 1 aromatic carbocycles. The highest BCUT2D eigenvalue weighted by Crippen LogP contribution is 2.54. The molecule has 4 rings (SSSR count). The molecule has 0 saturated heterocycles. The molecule has 0 aliphatic heterocycles. The predicted molar refractivity (Wildman–Crippen MR) is 173 cm³/mol. The molecule has 0 bridgehead atoms. The summed E-state index contributed by atoms with van der Waals surface area (Å²) in [7, 11) is 0. The number of Topliss-reactive ketones (excluding diaryl/α,β-unsaturated/α-hetero) is 2. The lowest BCUT2D eigenvalue weighted by Gasteiger charge is -2.50. The van der Waals surface area contributed by atoms with Gasteiger partial charge in [-0.05, 0) is 54.6 Å². The van der Waals surface area contributed by atoms with Gasteiger partial charge in [0.2, 0.25) is 5.78 Å². The first-order chi connectivity index (χ1) is 22.3. The molecule has 0 spiro atoms. The van der Waals surface area contributed by atoms with E-state index >= 15 is 0 Å². The third kappa shape index (κ3) is 5.05. The number of anilines is 1. The molecule has 246 valence electrons. The third-order valence-electron chi connectivity index (χ3n) is 9.01. The summed E-state index contributed by atoms with van der Waals surface area (Å²) < 4.78 is 5.65. The van der Waals surface area contributed by atoms with Crippen LogP contribution in [-0.2, 0) is 32.0 Å². The van der Waals surface area contributed by atoms with Gasteiger partial charge < -0.3 is 51.5 Å². The Balaban J connectivity index is 1.95. The topological polar surface area (TPSA) is 269 Å². The molecule has 15 nitrogen and oxygen atoms in total. The number of aliphatic hydroxyl groups is 3. The van der Waals surface area contributed by atoms with Gasteiger partial charge in [0.05, 0.1) is 30.5 Å². The van der Waals surface area contributed by atoms with Crippen molar-refractivity contribution in [3.63, 3.8) is 0 Å². The molecule has 0 radical (unpaired) electrons. The van der Waals surface area contributed by atoms with Crippen LogP contribution in [0.4, 0.5) is 5.69 Å². The third-order valence-corrected chi connectivity index (χ3v) is 9.01. The van der Waals surface area contributed by atoms with E-state index in [-0.39, 0.29) is 42.6 Å². The Morgan fingerprint density at radius 2 is 1.77 bits per heavy atom. The lowest BCUT2D eigenvalue weighted by molar-refractivity contribution is -0.152. The van der Waals surface area contributed by atoms with Gasteiger partial charge in [-0.15, -0.1) is 0 Å². The number of phenols is 1. The first kappa shape index (κ1) is 34.2. The summed E-state index contributed by atoms with van der Waals surface area (Å²) >= 11 is 0. The fraction of sp³-hybridized carbons (Fsp3) is 0.281. The number of nitrogens with one attached hydrogen (secondary N) is 4. The van der Waals surface area contributed by atoms with Crippen molar-refractivity contribution in [2.75, 3.05) is 11.5 Å². The van der Waals surface area contributed by atoms with Crippen LogP contribution in [0.25, 0.3) is 5.76 Å². The SMILES string of the molecule is C=CN(C=N)c1cc(CCOC(C=C)(C=N)C=N)c(O)c2c1C[C@H]1C[C@H]3[C@H](N(C=C)C=N)C(=O)C(C(N)=O)=C(O)[C@@]3(O)C(=O)C1=C2O. The van der Waals surface area contributed by atoms with Gasteiger partial charge in [0, 0.05) is 30.1 Å². The van der Waals surface area contributed by atoms with Crippen LogP contribution in [0.5, 0.6) is 5.75 Å². The van der Waals surface area contributed by atoms with Gasteiger partial charge in [0.15, 0.2) is 17.0 Å². The van der Waals surface area contributed by atoms with Crippen molar-refractivity contribution in [3.05, 3.63) is 77.9 Å². The minimum atomic E-state index is -2.93. The number of aliphatic hydroxyl groups excluding tert-OH is 2. The number of ketones is 2. The second kappa shape index (κ2) is 12.6. The Morgan fingerprint density at radius 1 is 1.11 bits per heavy atom. The van der Waals surface area contributed by atoms with E-state index in [1.54, 1.807) is 0 Å². The van der Waals surface area contributed by atoms with Crippen molar-refractivity contribution >= 4 is 54.0 Å². The molecule has 0 aromatic heterocycles. The Bertz CT molecular complexity index is 1670. The maximum absolute atomic E-state index is 14.2. The second-order valence-electron chi connectivity index (χ2n) is 11.2. The highest BCUT2D eigenvalue weighted by molar-refractivity contribution is 6.25. The van der Waals surface area contributed by atoms with Crippen molar-refractivity contribution in [1.29, 1.82) is 21.6 Å². The zero-order chi connectivity index (χ0) is 35.0. The smallest absolute Gasteiger partial charge is 0.255 e. The lowest BCUT2D eigenvalue weighted by Crippen LogP contribution is -2.65. The number of phenolic OH excluding ortho intramolecular Hbond substituents is 1. The molecule has 1 fully saturated rings. The minimum absolute atomic E-state index is 0.0331. The van der Waals surface area contributed by atoms with Gasteiger partial charge in [0.1, 0.15) is 28.9 Å². The number of aromatic hydroxyl groups is 1. The van der Waals surface area contributed by atoms with Gasteiger partial charge in [-0.1, -0.05) is 19.7 Å². The number of rotatable bonds is 14. The van der Waals surface area contributed by atoms with Crippen LogP contribution in [0.3, 0.4) is 0 Å². The molecular formula is C32H35N7O8. The van der Waals surface area contributed by atoms with Crippen molar-refractivity contribution in [3.8, 4) is 5.75 Å². The van der Waals surface area contributed by atoms with Crippen LogP contribution in [-0.4, -0.2) is 91.8 Å². The van der Waals surface area contributed by atoms with Crippen molar-refractivity contribution in [2.45, 2.75) is 36.5 Å². The molecule has 0 heterocycles. The number of nitrogens with zero attached hydrogens (tertiary/aromatic N) is 2. The summed E-state index contributed by atoms with van der Waals surface area (Å²) in [5.74, 6) is -8.51. The number of carbonyl (C=O) groups excluding carboxylic acids is 3. The summed E-state index contributed by atoms with van der Waals surface area (Å²) in [6.45, 7) is 10.7. The molecule has 47 heavy (non-hydrogen) atoms. The van der Waals surface area contributed by atoms with Crippen LogP contribution in [0, 0.1) is 33.5 Å². The maximum Gasteiger partial charge on any atom is 0.255 e. The van der Waals surface area contributed by atoms with E-state index in [0.717, 1.165) is 29.9 Å². The molecule has 10 N–H and O–H groups in total. The summed E-state index contributed by atoms with van der Waals surface area (Å²) in [6, 6.07) is -0.0168. The van der Waals surface area contributed by atoms with Crippen LogP contribution in [0.2, 0.25) is 0 Å². The van der Waals surface area contributed by atoms with E-state index in [1.807, 2.05) is 0 Å². The van der Waals surface area contributed by atoms with Crippen molar-refractivity contribution in [1.82, 2.24) is 4.90 Å². The predicted octanol–water partition coefficient (Wildman–Crippen LogP) is 1.79.